The molecule has 48 valence electrons. The van der Waals surface area contributed by atoms with Crippen molar-refractivity contribution < 1.29 is 0 Å². The number of rotatable bonds is 0. The van der Waals surface area contributed by atoms with E-state index in [1.165, 1.54) is 16.6 Å². The van der Waals surface area contributed by atoms with Crippen molar-refractivity contribution in [2.24, 2.45) is 0 Å². The van der Waals surface area contributed by atoms with Crippen LogP contribution in [0.1, 0.15) is 5.69 Å². The molecule has 10 heavy (non-hydrogen) atoms. The van der Waals surface area contributed by atoms with Crippen LogP contribution in [0.15, 0.2) is 30.3 Å². The third kappa shape index (κ3) is 0.397. The Kier molecular flexibility index (Phi) is 0.575. The van der Waals surface area contributed by atoms with E-state index in [-0.39, 0.29) is 0 Å². The maximum absolute atomic E-state index is 2.33. The Balaban J connectivity index is 2.60. The Morgan fingerprint density at radius 2 is 2.10 bits per heavy atom. The summed E-state index contributed by atoms with van der Waals surface area (Å²) in [5.74, 6) is 0. The Morgan fingerprint density at radius 3 is 3.00 bits per heavy atom. The van der Waals surface area contributed by atoms with Gasteiger partial charge in [-0.3, -0.25) is 0 Å². The van der Waals surface area contributed by atoms with E-state index in [9.17, 15) is 0 Å². The topological polar surface area (TPSA) is 4.93 Å². The van der Waals surface area contributed by atoms with Gasteiger partial charge in [0, 0.05) is 11.2 Å². The largest absolute Gasteiger partial charge is 0.337 e. The van der Waals surface area contributed by atoms with Gasteiger partial charge in [-0.1, -0.05) is 18.2 Å². The van der Waals surface area contributed by atoms with Gasteiger partial charge in [0.2, 0.25) is 0 Å². The van der Waals surface area contributed by atoms with E-state index in [1.54, 1.807) is 0 Å². The lowest BCUT2D eigenvalue weighted by atomic mass is 10.2. The molecule has 0 unspecified atom stereocenters. The molecule has 3 rings (SSSR count). The molecule has 1 aromatic carbocycles. The Hall–Kier alpha value is -1.24. The van der Waals surface area contributed by atoms with Crippen LogP contribution >= 0.6 is 0 Å². The van der Waals surface area contributed by atoms with Crippen molar-refractivity contribution in [2.45, 2.75) is 6.54 Å². The zero-order valence-electron chi connectivity index (χ0n) is 5.54. The molecule has 0 radical (unpaired) electrons. The van der Waals surface area contributed by atoms with Crippen LogP contribution in [0.3, 0.4) is 0 Å². The van der Waals surface area contributed by atoms with Crippen LogP contribution < -0.4 is 0 Å². The van der Waals surface area contributed by atoms with E-state index >= 15 is 0 Å². The van der Waals surface area contributed by atoms with Gasteiger partial charge in [-0.2, -0.15) is 0 Å². The lowest BCUT2D eigenvalue weighted by Gasteiger charge is -1.88. The molecule has 0 fully saturated rings. The SMILES string of the molecule is c1ccc2c(c1)cc1n2C1. The van der Waals surface area contributed by atoms with E-state index in [2.05, 4.69) is 34.9 Å². The first-order valence-corrected chi connectivity index (χ1v) is 3.52. The fourth-order valence-electron chi connectivity index (χ4n) is 1.52. The van der Waals surface area contributed by atoms with Crippen LogP contribution in [0.2, 0.25) is 0 Å². The number of benzene rings is 1. The van der Waals surface area contributed by atoms with Crippen LogP contribution in [0.5, 0.6) is 0 Å². The Morgan fingerprint density at radius 1 is 1.20 bits per heavy atom. The summed E-state index contributed by atoms with van der Waals surface area (Å²) in [4.78, 5) is 0. The molecule has 0 spiro atoms. The van der Waals surface area contributed by atoms with E-state index in [4.69, 9.17) is 0 Å². The zero-order chi connectivity index (χ0) is 6.55. The van der Waals surface area contributed by atoms with Gasteiger partial charge in [0.25, 0.3) is 0 Å². The quantitative estimate of drug-likeness (QED) is 0.437. The van der Waals surface area contributed by atoms with E-state index in [1.807, 2.05) is 0 Å². The predicted octanol–water partition coefficient (Wildman–Crippen LogP) is 2.00. The van der Waals surface area contributed by atoms with Crippen molar-refractivity contribution in [3.05, 3.63) is 36.0 Å². The first-order valence-electron chi connectivity index (χ1n) is 3.52. The van der Waals surface area contributed by atoms with Gasteiger partial charge in [-0.25, -0.2) is 0 Å². The maximum Gasteiger partial charge on any atom is 0.0632 e. The molecule has 1 aliphatic heterocycles. The molecule has 0 aliphatic carbocycles. The molecule has 1 aliphatic rings. The van der Waals surface area contributed by atoms with Gasteiger partial charge >= 0.3 is 0 Å². The minimum atomic E-state index is 1.16. The van der Waals surface area contributed by atoms with Crippen LogP contribution in [-0.4, -0.2) is 4.57 Å². The molecule has 2 heterocycles. The van der Waals surface area contributed by atoms with E-state index < -0.39 is 0 Å². The summed E-state index contributed by atoms with van der Waals surface area (Å²) in [6.45, 7) is 1.16. The lowest BCUT2D eigenvalue weighted by molar-refractivity contribution is 1.18. The van der Waals surface area contributed by atoms with Crippen LogP contribution in [0, 0.1) is 0 Å². The van der Waals surface area contributed by atoms with E-state index in [0.29, 0.717) is 0 Å². The second kappa shape index (κ2) is 1.26. The summed E-state index contributed by atoms with van der Waals surface area (Å²) < 4.78 is 2.33. The summed E-state index contributed by atoms with van der Waals surface area (Å²) >= 11 is 0. The average molecular weight is 129 g/mol. The maximum atomic E-state index is 2.33. The molecular formula is C9H7N. The molecule has 1 heteroatoms. The summed E-state index contributed by atoms with van der Waals surface area (Å²) in [6.07, 6.45) is 0. The second-order valence-electron chi connectivity index (χ2n) is 2.78. The normalized spacial score (nSPS) is 13.6. The molecule has 0 saturated heterocycles. The highest BCUT2D eigenvalue weighted by atomic mass is 15.1. The summed E-state index contributed by atoms with van der Waals surface area (Å²) in [7, 11) is 0. The smallest absolute Gasteiger partial charge is 0.0632 e. The van der Waals surface area contributed by atoms with Gasteiger partial charge < -0.3 is 4.57 Å². The molecule has 1 nitrogen and oxygen atoms in total. The highest BCUT2D eigenvalue weighted by molar-refractivity contribution is 5.83. The third-order valence-corrected chi connectivity index (χ3v) is 2.11. The van der Waals surface area contributed by atoms with Gasteiger partial charge in [0.1, 0.15) is 0 Å². The number of para-hydroxylation sites is 1. The van der Waals surface area contributed by atoms with Gasteiger partial charge in [-0.15, -0.1) is 0 Å². The Labute approximate surface area is 58.9 Å². The molecule has 0 bridgehead atoms. The third-order valence-electron chi connectivity index (χ3n) is 2.11. The van der Waals surface area contributed by atoms with Crippen molar-refractivity contribution in [3.8, 4) is 0 Å². The molecule has 2 aromatic rings. The highest BCUT2D eigenvalue weighted by Crippen LogP contribution is 2.29. The Bertz CT molecular complexity index is 398. The van der Waals surface area contributed by atoms with Crippen molar-refractivity contribution in [1.82, 2.24) is 4.57 Å². The van der Waals surface area contributed by atoms with Gasteiger partial charge in [-0.05, 0) is 17.5 Å². The monoisotopic (exact) mass is 129 g/mol. The number of hydrogen-bond donors (Lipinski definition) is 0. The van der Waals surface area contributed by atoms with Crippen LogP contribution in [-0.2, 0) is 6.54 Å². The standard InChI is InChI=1S/C9H7N/c1-2-4-9-7(3-1)5-8-6-10(8)9/h1-5H,6H2. The number of fused-ring (bicyclic) bond motifs is 3. The minimum Gasteiger partial charge on any atom is -0.337 e. The lowest BCUT2D eigenvalue weighted by Crippen LogP contribution is -1.71. The van der Waals surface area contributed by atoms with Gasteiger partial charge in [0.15, 0.2) is 0 Å². The zero-order valence-corrected chi connectivity index (χ0v) is 5.54. The summed E-state index contributed by atoms with van der Waals surface area (Å²) in [5.41, 5.74) is 2.86. The van der Waals surface area contributed by atoms with E-state index in [0.717, 1.165) is 6.54 Å². The number of hydrogen-bond acceptors (Lipinski definition) is 0. The summed E-state index contributed by atoms with van der Waals surface area (Å²) in [5, 5.41) is 1.38. The van der Waals surface area contributed by atoms with Crippen LogP contribution in [0.4, 0.5) is 0 Å². The molecule has 0 saturated carbocycles. The average Bonchev–Trinajstić information content (AvgIpc) is 2.64. The fraction of sp³-hybridized carbons (Fsp3) is 0.111. The number of nitrogens with zero attached hydrogens (tertiary/aromatic N) is 1. The summed E-state index contributed by atoms with van der Waals surface area (Å²) in [6, 6.07) is 10.8. The molecular weight excluding hydrogens is 122 g/mol. The first kappa shape index (κ1) is 4.56. The van der Waals surface area contributed by atoms with Crippen molar-refractivity contribution in [1.29, 1.82) is 0 Å². The van der Waals surface area contributed by atoms with Gasteiger partial charge in [0.05, 0.1) is 6.54 Å². The second-order valence-corrected chi connectivity index (χ2v) is 2.78. The van der Waals surface area contributed by atoms with Crippen molar-refractivity contribution in [2.75, 3.05) is 0 Å². The molecule has 0 amide bonds. The molecule has 0 atom stereocenters. The number of aromatic nitrogens is 1. The van der Waals surface area contributed by atoms with Crippen LogP contribution in [0.25, 0.3) is 10.9 Å². The van der Waals surface area contributed by atoms with Crippen molar-refractivity contribution in [3.63, 3.8) is 0 Å². The highest BCUT2D eigenvalue weighted by Gasteiger charge is 2.18. The fourth-order valence-corrected chi connectivity index (χ4v) is 1.52. The van der Waals surface area contributed by atoms with Crippen molar-refractivity contribution >= 4 is 10.9 Å². The predicted molar refractivity (Wildman–Crippen MR) is 41.0 cm³/mol. The first-order chi connectivity index (χ1) is 4.95. The molecule has 0 N–H and O–H groups in total. The minimum absolute atomic E-state index is 1.16. The molecule has 1 aromatic heterocycles.